The number of hydrogen-bond acceptors (Lipinski definition) is 2. The van der Waals surface area contributed by atoms with Gasteiger partial charge in [-0.15, -0.1) is 0 Å². The van der Waals surface area contributed by atoms with Crippen LogP contribution in [0.4, 0.5) is 0 Å². The predicted octanol–water partition coefficient (Wildman–Crippen LogP) is 8.11. The van der Waals surface area contributed by atoms with E-state index in [1.165, 1.54) is 44.9 Å². The fourth-order valence-corrected chi connectivity index (χ4v) is 10.3. The Kier molecular flexibility index (Phi) is 6.74. The van der Waals surface area contributed by atoms with Crippen molar-refractivity contribution >= 4 is 0 Å². The Morgan fingerprint density at radius 2 is 1.57 bits per heavy atom. The Morgan fingerprint density at radius 3 is 2.29 bits per heavy atom. The molecular formula is C33H52O2. The molecule has 1 aromatic rings. The highest BCUT2D eigenvalue weighted by molar-refractivity contribution is 5.26. The third kappa shape index (κ3) is 4.14. The molecule has 196 valence electrons. The van der Waals surface area contributed by atoms with Gasteiger partial charge in [0, 0.05) is 6.42 Å². The van der Waals surface area contributed by atoms with Crippen molar-refractivity contribution in [2.45, 2.75) is 123 Å². The van der Waals surface area contributed by atoms with Gasteiger partial charge in [-0.1, -0.05) is 84.2 Å². The zero-order valence-corrected chi connectivity index (χ0v) is 23.2. The van der Waals surface area contributed by atoms with Gasteiger partial charge in [-0.2, -0.15) is 0 Å². The zero-order valence-electron chi connectivity index (χ0n) is 23.2. The van der Waals surface area contributed by atoms with Crippen molar-refractivity contribution in [3.05, 3.63) is 35.9 Å². The monoisotopic (exact) mass is 480 g/mol. The minimum absolute atomic E-state index is 0.0702. The molecule has 0 aliphatic heterocycles. The molecule has 0 bridgehead atoms. The van der Waals surface area contributed by atoms with Crippen molar-refractivity contribution in [3.8, 4) is 0 Å². The highest BCUT2D eigenvalue weighted by Crippen LogP contribution is 2.70. The summed E-state index contributed by atoms with van der Waals surface area (Å²) in [7, 11) is 0. The van der Waals surface area contributed by atoms with Crippen molar-refractivity contribution in [1.29, 1.82) is 0 Å². The summed E-state index contributed by atoms with van der Waals surface area (Å²) < 4.78 is 0. The Bertz CT molecular complexity index is 880. The third-order valence-corrected chi connectivity index (χ3v) is 12.4. The molecular weight excluding hydrogens is 428 g/mol. The lowest BCUT2D eigenvalue weighted by Gasteiger charge is -2.65. The Hall–Kier alpha value is -0.860. The molecule has 0 spiro atoms. The Morgan fingerprint density at radius 1 is 0.829 bits per heavy atom. The first-order valence-corrected chi connectivity index (χ1v) is 15.0. The third-order valence-electron chi connectivity index (χ3n) is 12.4. The fraction of sp³-hybridized carbons (Fsp3) is 0.818. The van der Waals surface area contributed by atoms with Crippen molar-refractivity contribution < 1.29 is 10.2 Å². The van der Waals surface area contributed by atoms with Crippen LogP contribution in [0.3, 0.4) is 0 Å². The summed E-state index contributed by atoms with van der Waals surface area (Å²) in [6, 6.07) is 10.1. The molecule has 0 heterocycles. The van der Waals surface area contributed by atoms with Gasteiger partial charge in [-0.25, -0.2) is 0 Å². The quantitative estimate of drug-likeness (QED) is 0.432. The van der Waals surface area contributed by atoms with Crippen LogP contribution in [0.25, 0.3) is 0 Å². The number of fused-ring (bicyclic) bond motifs is 5. The highest BCUT2D eigenvalue weighted by atomic mass is 16.3. The van der Waals surface area contributed by atoms with Crippen molar-refractivity contribution in [1.82, 2.24) is 0 Å². The maximum absolute atomic E-state index is 12.2. The van der Waals surface area contributed by atoms with Crippen LogP contribution in [0.15, 0.2) is 30.3 Å². The highest BCUT2D eigenvalue weighted by Gasteiger charge is 2.66. The molecule has 2 N–H and O–H groups in total. The summed E-state index contributed by atoms with van der Waals surface area (Å²) in [6.45, 7) is 12.3. The van der Waals surface area contributed by atoms with Gasteiger partial charge in [0.15, 0.2) is 0 Å². The van der Waals surface area contributed by atoms with Crippen LogP contribution in [-0.2, 0) is 5.60 Å². The van der Waals surface area contributed by atoms with E-state index in [-0.39, 0.29) is 5.41 Å². The van der Waals surface area contributed by atoms with E-state index in [0.29, 0.717) is 17.8 Å². The second-order valence-electron chi connectivity index (χ2n) is 14.5. The van der Waals surface area contributed by atoms with E-state index in [1.54, 1.807) is 0 Å². The number of benzene rings is 1. The van der Waals surface area contributed by atoms with Crippen molar-refractivity contribution in [3.63, 3.8) is 0 Å². The van der Waals surface area contributed by atoms with Gasteiger partial charge in [-0.05, 0) is 103 Å². The standard InChI is InChI=1S/C33H52O2/c1-23(2)10-9-11-24(3)27-14-15-28-26-16-19-33(35)22-32(34,25-12-7-6-8-13-25)21-20-31(33,5)29(26)17-18-30(27,28)4/h6-8,12-13,23-24,26-29,34-35H,9-11,14-22H2,1-5H3/t24-,26+,27-,28+,29+,30-,31-,32+,33-/m1/s1. The molecule has 0 saturated heterocycles. The summed E-state index contributed by atoms with van der Waals surface area (Å²) in [5.41, 5.74) is -0.246. The van der Waals surface area contributed by atoms with Crippen LogP contribution in [-0.4, -0.2) is 15.8 Å². The maximum Gasteiger partial charge on any atom is 0.0924 e. The summed E-state index contributed by atoms with van der Waals surface area (Å²) in [4.78, 5) is 0. The van der Waals surface area contributed by atoms with Crippen LogP contribution in [0.5, 0.6) is 0 Å². The Balaban J connectivity index is 1.33. The summed E-state index contributed by atoms with van der Waals surface area (Å²) in [5.74, 6) is 4.73. The lowest BCUT2D eigenvalue weighted by atomic mass is 9.42. The molecule has 9 atom stereocenters. The molecule has 0 unspecified atom stereocenters. The largest absolute Gasteiger partial charge is 0.389 e. The van der Waals surface area contributed by atoms with E-state index in [4.69, 9.17) is 0 Å². The first-order chi connectivity index (χ1) is 16.5. The van der Waals surface area contributed by atoms with Gasteiger partial charge in [0.2, 0.25) is 0 Å². The second kappa shape index (κ2) is 9.16. The van der Waals surface area contributed by atoms with Crippen LogP contribution in [0, 0.1) is 46.3 Å². The molecule has 5 rings (SSSR count). The van der Waals surface area contributed by atoms with E-state index in [1.807, 2.05) is 30.3 Å². The molecule has 4 fully saturated rings. The van der Waals surface area contributed by atoms with Crippen LogP contribution < -0.4 is 0 Å². The molecule has 0 amide bonds. The van der Waals surface area contributed by atoms with E-state index in [9.17, 15) is 10.2 Å². The molecule has 35 heavy (non-hydrogen) atoms. The molecule has 0 radical (unpaired) electrons. The number of rotatable bonds is 6. The second-order valence-corrected chi connectivity index (χ2v) is 14.5. The van der Waals surface area contributed by atoms with Gasteiger partial charge < -0.3 is 10.2 Å². The summed E-state index contributed by atoms with van der Waals surface area (Å²) >= 11 is 0. The average Bonchev–Trinajstić information content (AvgIpc) is 3.17. The molecule has 4 saturated carbocycles. The summed E-state index contributed by atoms with van der Waals surface area (Å²) in [5, 5.41) is 23.9. The SMILES string of the molecule is CC(C)CCC[C@@H](C)[C@H]1CC[C@H]2[C@@H]3CC[C@@]4(O)C[C@](O)(c5ccccc5)CC[C@]4(C)[C@H]3CC[C@]12C. The zero-order chi connectivity index (χ0) is 25.1. The van der Waals surface area contributed by atoms with Gasteiger partial charge in [0.05, 0.1) is 11.2 Å². The summed E-state index contributed by atoms with van der Waals surface area (Å²) in [6.07, 6.45) is 13.8. The van der Waals surface area contributed by atoms with Gasteiger partial charge in [-0.3, -0.25) is 0 Å². The normalized spacial score (nSPS) is 46.1. The van der Waals surface area contributed by atoms with Crippen molar-refractivity contribution in [2.75, 3.05) is 0 Å². The van der Waals surface area contributed by atoms with Gasteiger partial charge in [0.25, 0.3) is 0 Å². The lowest BCUT2D eigenvalue weighted by molar-refractivity contribution is -0.241. The van der Waals surface area contributed by atoms with E-state index < -0.39 is 11.2 Å². The van der Waals surface area contributed by atoms with Crippen LogP contribution in [0.1, 0.15) is 117 Å². The molecule has 2 nitrogen and oxygen atoms in total. The number of hydrogen-bond donors (Lipinski definition) is 2. The average molecular weight is 481 g/mol. The first kappa shape index (κ1) is 25.8. The minimum atomic E-state index is -0.893. The minimum Gasteiger partial charge on any atom is -0.389 e. The topological polar surface area (TPSA) is 40.5 Å². The molecule has 0 aromatic heterocycles. The van der Waals surface area contributed by atoms with Crippen molar-refractivity contribution in [2.24, 2.45) is 46.3 Å². The smallest absolute Gasteiger partial charge is 0.0924 e. The molecule has 4 aliphatic rings. The molecule has 1 aromatic carbocycles. The van der Waals surface area contributed by atoms with E-state index >= 15 is 0 Å². The molecule has 4 aliphatic carbocycles. The van der Waals surface area contributed by atoms with E-state index in [0.717, 1.165) is 60.8 Å². The number of aliphatic hydroxyl groups is 2. The van der Waals surface area contributed by atoms with E-state index in [2.05, 4.69) is 34.6 Å². The van der Waals surface area contributed by atoms with Gasteiger partial charge >= 0.3 is 0 Å². The molecule has 2 heteroatoms. The maximum atomic E-state index is 12.2. The fourth-order valence-electron chi connectivity index (χ4n) is 10.3. The predicted molar refractivity (Wildman–Crippen MR) is 145 cm³/mol. The Labute approximate surface area is 215 Å². The van der Waals surface area contributed by atoms with Crippen LogP contribution >= 0.6 is 0 Å². The van der Waals surface area contributed by atoms with Crippen LogP contribution in [0.2, 0.25) is 0 Å². The lowest BCUT2D eigenvalue weighted by Crippen LogP contribution is -2.64. The first-order valence-electron chi connectivity index (χ1n) is 15.0. The van der Waals surface area contributed by atoms with Gasteiger partial charge in [0.1, 0.15) is 0 Å².